The van der Waals surface area contributed by atoms with E-state index in [-0.39, 0.29) is 18.5 Å². The minimum Gasteiger partial charge on any atom is -0.466 e. The Bertz CT molecular complexity index is 1600. The standard InChI is InChI=1S/C77H143NO10/c1-3-5-7-9-11-13-15-44-47-51-55-59-63-70(80)69(68-87-77-76(85)75(84)74(83)71(67-79)88-77)78-72(81)64-60-56-52-48-45-41-39-37-35-33-31-29-27-25-23-21-19-17-16-18-20-22-24-26-28-30-32-34-36-38-40-42-46-50-54-58-62-66-86-73(82)65-61-57-53-49-43-14-12-10-8-6-4-2/h16,18,22,24,44,47,59,63,69-71,74-77,79-80,83-85H,3-15,17,19-21,23,25-43,45-46,48-58,60-62,64-68H2,1-2H3,(H,78,81)/b18-16-,24-22-,47-44+,63-59+. The van der Waals surface area contributed by atoms with Crippen LogP contribution in [-0.2, 0) is 23.8 Å². The molecule has 0 aromatic carbocycles. The Morgan fingerprint density at radius 1 is 0.420 bits per heavy atom. The number of nitrogens with one attached hydrogen (secondary N) is 1. The summed E-state index contributed by atoms with van der Waals surface area (Å²) in [5.41, 5.74) is 0. The van der Waals surface area contributed by atoms with Crippen LogP contribution in [0.15, 0.2) is 48.6 Å². The summed E-state index contributed by atoms with van der Waals surface area (Å²) in [7, 11) is 0. The number of aliphatic hydroxyl groups excluding tert-OH is 5. The van der Waals surface area contributed by atoms with Gasteiger partial charge in [0.05, 0.1) is 32.0 Å². The van der Waals surface area contributed by atoms with E-state index in [0.29, 0.717) is 19.4 Å². The zero-order chi connectivity index (χ0) is 63.7. The maximum Gasteiger partial charge on any atom is 0.305 e. The molecule has 1 amide bonds. The highest BCUT2D eigenvalue weighted by Gasteiger charge is 2.44. The molecule has 88 heavy (non-hydrogen) atoms. The van der Waals surface area contributed by atoms with Crippen molar-refractivity contribution in [3.63, 3.8) is 0 Å². The number of unbranched alkanes of at least 4 members (excludes halogenated alkanes) is 47. The Hall–Kier alpha value is -2.38. The molecule has 516 valence electrons. The van der Waals surface area contributed by atoms with Gasteiger partial charge >= 0.3 is 5.97 Å². The lowest BCUT2D eigenvalue weighted by Crippen LogP contribution is -2.60. The number of aliphatic hydroxyl groups is 5. The molecule has 0 bridgehead atoms. The largest absolute Gasteiger partial charge is 0.466 e. The molecule has 1 rings (SSSR count). The van der Waals surface area contributed by atoms with Crippen LogP contribution in [0.5, 0.6) is 0 Å². The molecule has 0 saturated carbocycles. The molecule has 7 unspecified atom stereocenters. The Morgan fingerprint density at radius 2 is 0.773 bits per heavy atom. The Labute approximate surface area is 542 Å². The zero-order valence-electron chi connectivity index (χ0n) is 57.4. The van der Waals surface area contributed by atoms with Crippen LogP contribution >= 0.6 is 0 Å². The Kier molecular flexibility index (Phi) is 62.8. The van der Waals surface area contributed by atoms with Gasteiger partial charge in [-0.05, 0) is 77.0 Å². The fraction of sp³-hybridized carbons (Fsp3) is 0.870. The third-order valence-electron chi connectivity index (χ3n) is 17.9. The topological polar surface area (TPSA) is 175 Å². The van der Waals surface area contributed by atoms with Gasteiger partial charge in [0.2, 0.25) is 5.91 Å². The summed E-state index contributed by atoms with van der Waals surface area (Å²) < 4.78 is 16.7. The second-order valence-electron chi connectivity index (χ2n) is 26.3. The third-order valence-corrected chi connectivity index (χ3v) is 17.9. The molecule has 11 heteroatoms. The number of ether oxygens (including phenoxy) is 3. The lowest BCUT2D eigenvalue weighted by Gasteiger charge is -2.40. The molecule has 1 aliphatic heterocycles. The molecular formula is C77H143NO10. The molecule has 0 aliphatic carbocycles. The third kappa shape index (κ3) is 54.2. The molecule has 11 nitrogen and oxygen atoms in total. The van der Waals surface area contributed by atoms with E-state index in [1.54, 1.807) is 6.08 Å². The van der Waals surface area contributed by atoms with Gasteiger partial charge < -0.3 is 45.1 Å². The van der Waals surface area contributed by atoms with Crippen molar-refractivity contribution in [2.75, 3.05) is 19.8 Å². The van der Waals surface area contributed by atoms with Gasteiger partial charge in [-0.15, -0.1) is 0 Å². The van der Waals surface area contributed by atoms with Gasteiger partial charge in [0, 0.05) is 12.8 Å². The highest BCUT2D eigenvalue weighted by molar-refractivity contribution is 5.76. The molecule has 0 spiro atoms. The highest BCUT2D eigenvalue weighted by atomic mass is 16.7. The van der Waals surface area contributed by atoms with E-state index in [1.165, 1.54) is 283 Å². The van der Waals surface area contributed by atoms with E-state index in [2.05, 4.69) is 55.6 Å². The van der Waals surface area contributed by atoms with Crippen molar-refractivity contribution in [1.82, 2.24) is 5.32 Å². The summed E-state index contributed by atoms with van der Waals surface area (Å²) >= 11 is 0. The van der Waals surface area contributed by atoms with Gasteiger partial charge in [0.15, 0.2) is 6.29 Å². The average molecular weight is 1240 g/mol. The number of rotatable bonds is 67. The van der Waals surface area contributed by atoms with Gasteiger partial charge in [0.25, 0.3) is 0 Å². The Morgan fingerprint density at radius 3 is 1.19 bits per heavy atom. The van der Waals surface area contributed by atoms with Crippen LogP contribution in [0.2, 0.25) is 0 Å². The van der Waals surface area contributed by atoms with Crippen molar-refractivity contribution in [1.29, 1.82) is 0 Å². The monoisotopic (exact) mass is 1240 g/mol. The fourth-order valence-corrected chi connectivity index (χ4v) is 12.0. The summed E-state index contributed by atoms with van der Waals surface area (Å²) in [4.78, 5) is 25.1. The van der Waals surface area contributed by atoms with Gasteiger partial charge in [-0.2, -0.15) is 0 Å². The quantitative estimate of drug-likeness (QED) is 0.0195. The van der Waals surface area contributed by atoms with Crippen LogP contribution in [0.3, 0.4) is 0 Å². The molecule has 0 radical (unpaired) electrons. The van der Waals surface area contributed by atoms with Crippen LogP contribution in [-0.4, -0.2) is 100 Å². The van der Waals surface area contributed by atoms with Crippen molar-refractivity contribution < 1.29 is 49.3 Å². The predicted molar refractivity (Wildman–Crippen MR) is 370 cm³/mol. The summed E-state index contributed by atoms with van der Waals surface area (Å²) in [6.07, 6.45) is 77.1. The first kappa shape index (κ1) is 83.6. The maximum absolute atomic E-state index is 13.1. The first-order chi connectivity index (χ1) is 43.2. The molecule has 7 atom stereocenters. The first-order valence-corrected chi connectivity index (χ1v) is 37.9. The van der Waals surface area contributed by atoms with Gasteiger partial charge in [-0.25, -0.2) is 0 Å². The summed E-state index contributed by atoms with van der Waals surface area (Å²) in [5, 5.41) is 54.4. The number of esters is 1. The van der Waals surface area contributed by atoms with Gasteiger partial charge in [-0.3, -0.25) is 9.59 Å². The highest BCUT2D eigenvalue weighted by Crippen LogP contribution is 2.23. The predicted octanol–water partition coefficient (Wildman–Crippen LogP) is 19.9. The number of hydrogen-bond acceptors (Lipinski definition) is 10. The van der Waals surface area contributed by atoms with Gasteiger partial charge in [0.1, 0.15) is 24.4 Å². The molecule has 0 aromatic heterocycles. The van der Waals surface area contributed by atoms with E-state index < -0.39 is 49.5 Å². The zero-order valence-corrected chi connectivity index (χ0v) is 57.4. The maximum atomic E-state index is 13.1. The average Bonchev–Trinajstić information content (AvgIpc) is 3.64. The Balaban J connectivity index is 1.93. The number of hydrogen-bond donors (Lipinski definition) is 6. The van der Waals surface area contributed by atoms with E-state index in [9.17, 15) is 35.1 Å². The molecule has 1 aliphatic rings. The SMILES string of the molecule is CCCCCCCC/C=C/CC/C=C/C(O)C(COC1OC(CO)C(O)C(O)C1O)NC(=O)CCCCCCCCCCCCCCCCCCC/C=C\C/C=C\CCCCCCCCCCCCCCCOC(=O)CCCCCCCCCCCCC. The van der Waals surface area contributed by atoms with E-state index in [4.69, 9.17) is 14.2 Å². The second-order valence-corrected chi connectivity index (χ2v) is 26.3. The summed E-state index contributed by atoms with van der Waals surface area (Å²) in [6, 6.07) is -0.825. The lowest BCUT2D eigenvalue weighted by molar-refractivity contribution is -0.302. The molecule has 1 heterocycles. The van der Waals surface area contributed by atoms with Crippen molar-refractivity contribution in [2.45, 2.75) is 410 Å². The van der Waals surface area contributed by atoms with Crippen LogP contribution in [0.1, 0.15) is 367 Å². The molecule has 1 fully saturated rings. The molecule has 0 aromatic rings. The molecule has 6 N–H and O–H groups in total. The van der Waals surface area contributed by atoms with E-state index in [1.807, 2.05) is 6.08 Å². The van der Waals surface area contributed by atoms with Crippen molar-refractivity contribution in [3.05, 3.63) is 48.6 Å². The van der Waals surface area contributed by atoms with Gasteiger partial charge in [-0.1, -0.05) is 326 Å². The van der Waals surface area contributed by atoms with Crippen LogP contribution in [0, 0.1) is 0 Å². The summed E-state index contributed by atoms with van der Waals surface area (Å²) in [5.74, 6) is -0.176. The molecule has 1 saturated heterocycles. The first-order valence-electron chi connectivity index (χ1n) is 37.9. The number of carbonyl (C=O) groups is 2. The fourth-order valence-electron chi connectivity index (χ4n) is 12.0. The number of amides is 1. The number of carbonyl (C=O) groups excluding carboxylic acids is 2. The molecular weight excluding hydrogens is 1100 g/mol. The normalized spacial score (nSPS) is 18.0. The van der Waals surface area contributed by atoms with Crippen molar-refractivity contribution in [2.24, 2.45) is 0 Å². The van der Waals surface area contributed by atoms with Crippen LogP contribution in [0.25, 0.3) is 0 Å². The minimum atomic E-state index is -1.58. The van der Waals surface area contributed by atoms with E-state index in [0.717, 1.165) is 57.8 Å². The summed E-state index contributed by atoms with van der Waals surface area (Å²) in [6.45, 7) is 4.35. The van der Waals surface area contributed by atoms with Crippen molar-refractivity contribution >= 4 is 11.9 Å². The van der Waals surface area contributed by atoms with Crippen LogP contribution < -0.4 is 5.32 Å². The van der Waals surface area contributed by atoms with E-state index >= 15 is 0 Å². The van der Waals surface area contributed by atoms with Crippen molar-refractivity contribution in [3.8, 4) is 0 Å². The second kappa shape index (κ2) is 66.1. The van der Waals surface area contributed by atoms with Crippen LogP contribution in [0.4, 0.5) is 0 Å². The minimum absolute atomic E-state index is 0.0123. The lowest BCUT2D eigenvalue weighted by atomic mass is 9.99. The number of allylic oxidation sites excluding steroid dienone is 7. The smallest absolute Gasteiger partial charge is 0.305 e.